The number of rotatable bonds is 2. The van der Waals surface area contributed by atoms with Crippen molar-refractivity contribution >= 4 is 6.09 Å². The van der Waals surface area contributed by atoms with E-state index in [0.717, 1.165) is 26.1 Å². The summed E-state index contributed by atoms with van der Waals surface area (Å²) in [6.07, 6.45) is 2.03. The van der Waals surface area contributed by atoms with Gasteiger partial charge in [-0.2, -0.15) is 0 Å². The van der Waals surface area contributed by atoms with E-state index in [-0.39, 0.29) is 6.09 Å². The van der Waals surface area contributed by atoms with Gasteiger partial charge in [0.05, 0.1) is 0 Å². The van der Waals surface area contributed by atoms with Crippen molar-refractivity contribution < 1.29 is 9.53 Å². The van der Waals surface area contributed by atoms with Gasteiger partial charge in [0.2, 0.25) is 0 Å². The summed E-state index contributed by atoms with van der Waals surface area (Å²) in [6, 6.07) is 1.61. The van der Waals surface area contributed by atoms with Gasteiger partial charge in [0.15, 0.2) is 0 Å². The fourth-order valence-electron chi connectivity index (χ4n) is 3.04. The van der Waals surface area contributed by atoms with Crippen LogP contribution in [0, 0.1) is 0 Å². The van der Waals surface area contributed by atoms with Crippen molar-refractivity contribution in [3.05, 3.63) is 0 Å². The maximum atomic E-state index is 12.0. The zero-order valence-corrected chi connectivity index (χ0v) is 13.5. The number of likely N-dealkylation sites (N-methyl/N-ethyl adjacent to an activating group) is 1. The number of hydrogen-bond donors (Lipinski definition) is 1. The fraction of sp³-hybridized carbons (Fsp3) is 0.933. The summed E-state index contributed by atoms with van der Waals surface area (Å²) >= 11 is 0. The summed E-state index contributed by atoms with van der Waals surface area (Å²) in [6.45, 7) is 10.7. The molecule has 0 aromatic rings. The van der Waals surface area contributed by atoms with E-state index in [1.165, 1.54) is 6.42 Å². The zero-order chi connectivity index (χ0) is 14.9. The van der Waals surface area contributed by atoms with E-state index in [1.807, 2.05) is 25.7 Å². The van der Waals surface area contributed by atoms with E-state index in [2.05, 4.69) is 24.2 Å². The number of carbonyl (C=O) groups is 1. The van der Waals surface area contributed by atoms with Crippen molar-refractivity contribution in [2.45, 2.75) is 64.3 Å². The number of carbonyl (C=O) groups excluding carboxylic acids is 1. The first kappa shape index (κ1) is 15.6. The van der Waals surface area contributed by atoms with Gasteiger partial charge in [-0.15, -0.1) is 0 Å². The van der Waals surface area contributed by atoms with Crippen LogP contribution < -0.4 is 5.32 Å². The van der Waals surface area contributed by atoms with Crippen LogP contribution in [0.25, 0.3) is 0 Å². The quantitative estimate of drug-likeness (QED) is 0.837. The highest BCUT2D eigenvalue weighted by molar-refractivity contribution is 5.68. The average Bonchev–Trinajstić information content (AvgIpc) is 2.85. The predicted molar refractivity (Wildman–Crippen MR) is 79.8 cm³/mol. The summed E-state index contributed by atoms with van der Waals surface area (Å²) in [7, 11) is 2.17. The largest absolute Gasteiger partial charge is 0.444 e. The van der Waals surface area contributed by atoms with Crippen LogP contribution in [-0.2, 0) is 4.74 Å². The SMILES string of the molecule is CC1CC(NC2CCN(C(=O)OC(C)(C)C)C2)CN1C. The Bertz CT molecular complexity index is 344. The molecule has 0 spiro atoms. The highest BCUT2D eigenvalue weighted by Gasteiger charge is 2.33. The molecular formula is C15H29N3O2. The number of nitrogens with one attached hydrogen (secondary N) is 1. The summed E-state index contributed by atoms with van der Waals surface area (Å²) in [5.74, 6) is 0. The number of hydrogen-bond acceptors (Lipinski definition) is 4. The minimum atomic E-state index is -0.411. The van der Waals surface area contributed by atoms with Crippen molar-refractivity contribution in [2.24, 2.45) is 0 Å². The van der Waals surface area contributed by atoms with Crippen LogP contribution in [0.5, 0.6) is 0 Å². The van der Waals surface area contributed by atoms with Gasteiger partial charge in [0.1, 0.15) is 5.60 Å². The Kier molecular flexibility index (Phi) is 4.59. The van der Waals surface area contributed by atoms with Crippen LogP contribution in [0.4, 0.5) is 4.79 Å². The third-order valence-corrected chi connectivity index (χ3v) is 4.20. The maximum Gasteiger partial charge on any atom is 0.410 e. The van der Waals surface area contributed by atoms with Gasteiger partial charge < -0.3 is 19.9 Å². The van der Waals surface area contributed by atoms with Gasteiger partial charge in [0.25, 0.3) is 0 Å². The summed E-state index contributed by atoms with van der Waals surface area (Å²) in [4.78, 5) is 16.2. The molecule has 2 fully saturated rings. The molecule has 2 rings (SSSR count). The van der Waals surface area contributed by atoms with Gasteiger partial charge in [-0.05, 0) is 47.6 Å². The van der Waals surface area contributed by atoms with Crippen LogP contribution >= 0.6 is 0 Å². The van der Waals surface area contributed by atoms with Gasteiger partial charge in [-0.3, -0.25) is 0 Å². The molecule has 2 aliphatic rings. The molecule has 1 N–H and O–H groups in total. The van der Waals surface area contributed by atoms with E-state index in [9.17, 15) is 4.79 Å². The van der Waals surface area contributed by atoms with E-state index in [1.54, 1.807) is 0 Å². The van der Waals surface area contributed by atoms with Gasteiger partial charge >= 0.3 is 6.09 Å². The molecule has 0 radical (unpaired) electrons. The van der Waals surface area contributed by atoms with Gasteiger partial charge in [0, 0.05) is 37.8 Å². The smallest absolute Gasteiger partial charge is 0.410 e. The van der Waals surface area contributed by atoms with E-state index < -0.39 is 5.60 Å². The van der Waals surface area contributed by atoms with Gasteiger partial charge in [-0.25, -0.2) is 4.79 Å². The Morgan fingerprint density at radius 3 is 2.50 bits per heavy atom. The number of likely N-dealkylation sites (tertiary alicyclic amines) is 2. The predicted octanol–water partition coefficient (Wildman–Crippen LogP) is 1.68. The molecule has 3 unspecified atom stereocenters. The zero-order valence-electron chi connectivity index (χ0n) is 13.5. The molecule has 1 amide bonds. The van der Waals surface area contributed by atoms with Gasteiger partial charge in [-0.1, -0.05) is 0 Å². The highest BCUT2D eigenvalue weighted by atomic mass is 16.6. The minimum Gasteiger partial charge on any atom is -0.444 e. The second-order valence-electron chi connectivity index (χ2n) is 7.30. The summed E-state index contributed by atoms with van der Waals surface area (Å²) in [5.41, 5.74) is -0.411. The molecule has 5 heteroatoms. The van der Waals surface area contributed by atoms with Crippen LogP contribution in [0.2, 0.25) is 0 Å². The van der Waals surface area contributed by atoms with E-state index in [4.69, 9.17) is 4.74 Å². The maximum absolute atomic E-state index is 12.0. The number of nitrogens with zero attached hydrogens (tertiary/aromatic N) is 2. The first-order valence-electron chi connectivity index (χ1n) is 7.69. The Morgan fingerprint density at radius 1 is 1.25 bits per heavy atom. The number of ether oxygens (including phenoxy) is 1. The van der Waals surface area contributed by atoms with Crippen LogP contribution in [0.1, 0.15) is 40.5 Å². The lowest BCUT2D eigenvalue weighted by atomic mass is 10.1. The second kappa shape index (κ2) is 5.90. The monoisotopic (exact) mass is 283 g/mol. The lowest BCUT2D eigenvalue weighted by Crippen LogP contribution is -2.42. The fourth-order valence-corrected chi connectivity index (χ4v) is 3.04. The summed E-state index contributed by atoms with van der Waals surface area (Å²) in [5, 5.41) is 3.70. The molecule has 0 aromatic heterocycles. The molecule has 2 aliphatic heterocycles. The number of amides is 1. The average molecular weight is 283 g/mol. The molecule has 0 saturated carbocycles. The Balaban J connectivity index is 1.77. The molecular weight excluding hydrogens is 254 g/mol. The first-order chi connectivity index (χ1) is 9.24. The van der Waals surface area contributed by atoms with Crippen molar-refractivity contribution in [2.75, 3.05) is 26.7 Å². The lowest BCUT2D eigenvalue weighted by molar-refractivity contribution is 0.0290. The van der Waals surface area contributed by atoms with Crippen LogP contribution in [0.3, 0.4) is 0 Å². The lowest BCUT2D eigenvalue weighted by Gasteiger charge is -2.25. The van der Waals surface area contributed by atoms with Crippen molar-refractivity contribution in [3.8, 4) is 0 Å². The molecule has 0 aliphatic carbocycles. The molecule has 5 nitrogen and oxygen atoms in total. The standard InChI is InChI=1S/C15H29N3O2/c1-11-8-13(9-17(11)5)16-12-6-7-18(10-12)14(19)20-15(2,3)4/h11-13,16H,6-10H2,1-5H3. The van der Waals surface area contributed by atoms with Crippen LogP contribution in [-0.4, -0.2) is 66.3 Å². The minimum absolute atomic E-state index is 0.182. The summed E-state index contributed by atoms with van der Waals surface area (Å²) < 4.78 is 5.43. The molecule has 20 heavy (non-hydrogen) atoms. The Morgan fingerprint density at radius 2 is 1.95 bits per heavy atom. The first-order valence-corrected chi connectivity index (χ1v) is 7.69. The van der Waals surface area contributed by atoms with Crippen molar-refractivity contribution in [1.29, 1.82) is 0 Å². The normalized spacial score (nSPS) is 31.9. The highest BCUT2D eigenvalue weighted by Crippen LogP contribution is 2.19. The van der Waals surface area contributed by atoms with E-state index in [0.29, 0.717) is 18.1 Å². The molecule has 0 aromatic carbocycles. The Labute approximate surface area is 122 Å². The molecule has 3 atom stereocenters. The third-order valence-electron chi connectivity index (χ3n) is 4.20. The molecule has 0 bridgehead atoms. The molecule has 2 saturated heterocycles. The van der Waals surface area contributed by atoms with Crippen molar-refractivity contribution in [3.63, 3.8) is 0 Å². The Hall–Kier alpha value is -0.810. The second-order valence-corrected chi connectivity index (χ2v) is 7.30. The molecule has 116 valence electrons. The van der Waals surface area contributed by atoms with E-state index >= 15 is 0 Å². The molecule has 2 heterocycles. The van der Waals surface area contributed by atoms with Crippen LogP contribution in [0.15, 0.2) is 0 Å². The van der Waals surface area contributed by atoms with Crippen molar-refractivity contribution in [1.82, 2.24) is 15.1 Å². The topological polar surface area (TPSA) is 44.8 Å². The third kappa shape index (κ3) is 4.09.